The van der Waals surface area contributed by atoms with Crippen molar-refractivity contribution in [1.82, 2.24) is 15.1 Å². The van der Waals surface area contributed by atoms with E-state index in [0.29, 0.717) is 22.9 Å². The van der Waals surface area contributed by atoms with Crippen molar-refractivity contribution in [2.75, 3.05) is 11.9 Å². The number of nitrogens with one attached hydrogen (secondary N) is 1. The Bertz CT molecular complexity index is 1100. The number of hydrogen-bond donors (Lipinski definition) is 2. The first kappa shape index (κ1) is 17.2. The zero-order chi connectivity index (χ0) is 20.3. The molecule has 1 fully saturated rings. The second-order valence-corrected chi connectivity index (χ2v) is 6.95. The molecule has 8 nitrogen and oxygen atoms in total. The van der Waals surface area contributed by atoms with E-state index in [2.05, 4.69) is 10.3 Å². The van der Waals surface area contributed by atoms with E-state index in [-0.39, 0.29) is 11.6 Å². The molecule has 2 atom stereocenters. The van der Waals surface area contributed by atoms with Gasteiger partial charge in [0.05, 0.1) is 11.4 Å². The number of likely N-dealkylation sites (N-methyl/N-ethyl adjacent to an activating group) is 1. The summed E-state index contributed by atoms with van der Waals surface area (Å²) in [6.07, 6.45) is 1.04. The summed E-state index contributed by atoms with van der Waals surface area (Å²) in [5.41, 5.74) is 1.76. The third kappa shape index (κ3) is 2.47. The van der Waals surface area contributed by atoms with Crippen molar-refractivity contribution in [2.45, 2.75) is 12.2 Å². The highest BCUT2D eigenvalue weighted by Gasteiger charge is 2.52. The molecule has 0 aliphatic carbocycles. The molecular formula is C20H16FN5O3. The minimum absolute atomic E-state index is 0.0221. The number of fused-ring (bicyclic) bond motifs is 3. The van der Waals surface area contributed by atoms with Crippen LogP contribution < -0.4 is 10.2 Å². The number of benzene rings is 2. The van der Waals surface area contributed by atoms with Crippen molar-refractivity contribution >= 4 is 29.3 Å². The molecule has 29 heavy (non-hydrogen) atoms. The van der Waals surface area contributed by atoms with E-state index in [1.807, 2.05) is 0 Å². The fourth-order valence-electron chi connectivity index (χ4n) is 3.79. The first-order chi connectivity index (χ1) is 14.0. The number of phenolic OH excluding ortho intramolecular Hbond substituents is 1. The Labute approximate surface area is 165 Å². The number of amides is 3. The molecule has 1 saturated heterocycles. The second-order valence-electron chi connectivity index (χ2n) is 6.95. The molecular weight excluding hydrogens is 377 g/mol. The lowest BCUT2D eigenvalue weighted by molar-refractivity contribution is -0.126. The number of nitrogens with zero attached hydrogens (tertiary/aromatic N) is 4. The van der Waals surface area contributed by atoms with Crippen molar-refractivity contribution in [3.8, 4) is 5.75 Å². The van der Waals surface area contributed by atoms with Gasteiger partial charge < -0.3 is 10.0 Å². The van der Waals surface area contributed by atoms with E-state index in [0.717, 1.165) is 0 Å². The van der Waals surface area contributed by atoms with Crippen LogP contribution >= 0.6 is 0 Å². The molecule has 2 unspecified atom stereocenters. The van der Waals surface area contributed by atoms with Crippen LogP contribution in [0.3, 0.4) is 0 Å². The maximum absolute atomic E-state index is 13.4. The molecule has 5 rings (SSSR count). The van der Waals surface area contributed by atoms with E-state index < -0.39 is 24.1 Å². The third-order valence-electron chi connectivity index (χ3n) is 5.24. The number of carbonyl (C=O) groups excluding carboxylic acids is 2. The molecule has 3 amide bonds. The molecule has 2 aromatic carbocycles. The molecule has 0 radical (unpaired) electrons. The number of anilines is 1. The Balaban J connectivity index is 1.66. The predicted molar refractivity (Wildman–Crippen MR) is 103 cm³/mol. The van der Waals surface area contributed by atoms with Crippen molar-refractivity contribution < 1.29 is 19.1 Å². The summed E-state index contributed by atoms with van der Waals surface area (Å²) in [6, 6.07) is 11.4. The summed E-state index contributed by atoms with van der Waals surface area (Å²) >= 11 is 0. The lowest BCUT2D eigenvalue weighted by Gasteiger charge is -2.34. The predicted octanol–water partition coefficient (Wildman–Crippen LogP) is 1.90. The van der Waals surface area contributed by atoms with E-state index in [1.54, 1.807) is 59.4 Å². The molecule has 146 valence electrons. The second kappa shape index (κ2) is 6.06. The topological polar surface area (TPSA) is 88.5 Å². The molecule has 3 heterocycles. The van der Waals surface area contributed by atoms with Gasteiger partial charge in [-0.25, -0.2) is 14.2 Å². The van der Waals surface area contributed by atoms with Crippen LogP contribution in [0.25, 0.3) is 5.70 Å². The quantitative estimate of drug-likeness (QED) is 0.814. The summed E-state index contributed by atoms with van der Waals surface area (Å²) < 4.78 is 13.4. The van der Waals surface area contributed by atoms with Gasteiger partial charge in [0, 0.05) is 18.8 Å². The number of hydrogen-bond acceptors (Lipinski definition) is 6. The first-order valence-electron chi connectivity index (χ1n) is 8.95. The van der Waals surface area contributed by atoms with E-state index in [1.165, 1.54) is 17.0 Å². The maximum Gasteiger partial charge on any atom is 0.325 e. The molecule has 0 spiro atoms. The fraction of sp³-hybridized carbons (Fsp3) is 0.150. The standard InChI is InChI=1S/C20H16FN5O3/c1-24-17-16(18(28)23-20(24)29)25-10-14(11-6-8-12(21)9-7-11)26(19(25)22-17)13-4-2-3-5-15(13)27/h2-10,16-17,27H,1H3,(H,23,28,29). The summed E-state index contributed by atoms with van der Waals surface area (Å²) in [4.78, 5) is 33.9. The summed E-state index contributed by atoms with van der Waals surface area (Å²) in [5.74, 6) is -0.400. The molecule has 3 aliphatic rings. The van der Waals surface area contributed by atoms with E-state index in [4.69, 9.17) is 0 Å². The minimum atomic E-state index is -0.737. The van der Waals surface area contributed by atoms with Gasteiger partial charge in [-0.2, -0.15) is 0 Å². The van der Waals surface area contributed by atoms with Crippen LogP contribution in [-0.4, -0.2) is 52.1 Å². The van der Waals surface area contributed by atoms with Crippen LogP contribution in [0.5, 0.6) is 5.75 Å². The van der Waals surface area contributed by atoms with Crippen molar-refractivity contribution in [2.24, 2.45) is 4.99 Å². The molecule has 2 aromatic rings. The van der Waals surface area contributed by atoms with Gasteiger partial charge in [-0.1, -0.05) is 12.1 Å². The summed E-state index contributed by atoms with van der Waals surface area (Å²) in [5, 5.41) is 12.8. The van der Waals surface area contributed by atoms with E-state index in [9.17, 15) is 19.1 Å². The number of rotatable bonds is 2. The molecule has 3 aliphatic heterocycles. The smallest absolute Gasteiger partial charge is 0.325 e. The number of para-hydroxylation sites is 2. The lowest BCUT2D eigenvalue weighted by atomic mass is 10.1. The van der Waals surface area contributed by atoms with Gasteiger partial charge in [0.1, 0.15) is 11.6 Å². The normalized spacial score (nSPS) is 22.9. The molecule has 0 saturated carbocycles. The number of guanidine groups is 1. The Morgan fingerprint density at radius 1 is 1.10 bits per heavy atom. The van der Waals surface area contributed by atoms with Crippen molar-refractivity contribution in [3.63, 3.8) is 0 Å². The average Bonchev–Trinajstić information content (AvgIpc) is 3.24. The Kier molecular flexibility index (Phi) is 3.60. The van der Waals surface area contributed by atoms with Crippen LogP contribution in [0, 0.1) is 5.82 Å². The monoisotopic (exact) mass is 393 g/mol. The maximum atomic E-state index is 13.4. The van der Waals surface area contributed by atoms with Gasteiger partial charge in [0.2, 0.25) is 5.96 Å². The fourth-order valence-corrected chi connectivity index (χ4v) is 3.79. The number of carbonyl (C=O) groups is 2. The highest BCUT2D eigenvalue weighted by atomic mass is 19.1. The van der Waals surface area contributed by atoms with Gasteiger partial charge >= 0.3 is 6.03 Å². The molecule has 2 N–H and O–H groups in total. The molecule has 9 heteroatoms. The van der Waals surface area contributed by atoms with Gasteiger partial charge in [-0.15, -0.1) is 0 Å². The summed E-state index contributed by atoms with van der Waals surface area (Å²) in [7, 11) is 1.57. The SMILES string of the molecule is CN1C(=O)NC(=O)C2C1N=C1N(c3ccccc3O)C(c3ccc(F)cc3)=CN12. The number of aliphatic imine (C=N–C) groups is 1. The highest BCUT2D eigenvalue weighted by molar-refractivity contribution is 6.16. The largest absolute Gasteiger partial charge is 0.506 e. The van der Waals surface area contributed by atoms with Gasteiger partial charge in [-0.05, 0) is 36.4 Å². The lowest BCUT2D eigenvalue weighted by Crippen LogP contribution is -2.62. The van der Waals surface area contributed by atoms with Crippen molar-refractivity contribution in [1.29, 1.82) is 0 Å². The Morgan fingerprint density at radius 2 is 1.83 bits per heavy atom. The van der Waals surface area contributed by atoms with Crippen LogP contribution in [0.4, 0.5) is 14.9 Å². The van der Waals surface area contributed by atoms with Crippen LogP contribution in [-0.2, 0) is 4.79 Å². The summed E-state index contributed by atoms with van der Waals surface area (Å²) in [6.45, 7) is 0. The zero-order valence-corrected chi connectivity index (χ0v) is 15.3. The third-order valence-corrected chi connectivity index (χ3v) is 5.24. The highest BCUT2D eigenvalue weighted by Crippen LogP contribution is 2.41. The minimum Gasteiger partial charge on any atom is -0.506 e. The number of imide groups is 1. The van der Waals surface area contributed by atoms with Gasteiger partial charge in [-0.3, -0.25) is 19.9 Å². The number of phenols is 1. The number of urea groups is 1. The Morgan fingerprint density at radius 3 is 2.55 bits per heavy atom. The average molecular weight is 393 g/mol. The van der Waals surface area contributed by atoms with Crippen LogP contribution in [0.15, 0.2) is 59.7 Å². The number of aromatic hydroxyl groups is 1. The van der Waals surface area contributed by atoms with Crippen LogP contribution in [0.2, 0.25) is 0 Å². The molecule has 0 aromatic heterocycles. The zero-order valence-electron chi connectivity index (χ0n) is 15.3. The Hall–Kier alpha value is -3.88. The molecule has 0 bridgehead atoms. The first-order valence-corrected chi connectivity index (χ1v) is 8.95. The van der Waals surface area contributed by atoms with Crippen LogP contribution in [0.1, 0.15) is 5.56 Å². The van der Waals surface area contributed by atoms with Gasteiger partial charge in [0.15, 0.2) is 12.2 Å². The van der Waals surface area contributed by atoms with Gasteiger partial charge in [0.25, 0.3) is 5.91 Å². The van der Waals surface area contributed by atoms with Crippen molar-refractivity contribution in [3.05, 3.63) is 66.1 Å². The van der Waals surface area contributed by atoms with E-state index >= 15 is 0 Å². The number of halogens is 1.